The van der Waals surface area contributed by atoms with E-state index in [1.165, 1.54) is 4.88 Å². The van der Waals surface area contributed by atoms with Crippen molar-refractivity contribution in [1.82, 2.24) is 10.3 Å². The Bertz CT molecular complexity index is 191. The molecule has 1 heterocycles. The molecule has 0 aliphatic rings. The van der Waals surface area contributed by atoms with Crippen LogP contribution in [0.2, 0.25) is 0 Å². The number of hydrogen-bond donors (Lipinski definition) is 1. The van der Waals surface area contributed by atoms with E-state index in [9.17, 15) is 0 Å². The molecule has 0 aliphatic heterocycles. The fraction of sp³-hybridized carbons (Fsp3) is 0.571. The Morgan fingerprint density at radius 1 is 1.73 bits per heavy atom. The highest BCUT2D eigenvalue weighted by molar-refractivity contribution is 7.09. The molecular formula is C7H12N2OS. The lowest BCUT2D eigenvalue weighted by molar-refractivity contribution is 0.181. The van der Waals surface area contributed by atoms with Crippen LogP contribution in [-0.4, -0.2) is 19.1 Å². The van der Waals surface area contributed by atoms with Crippen LogP contribution in [0.15, 0.2) is 5.51 Å². The van der Waals surface area contributed by atoms with Crippen molar-refractivity contribution in [3.8, 4) is 0 Å². The van der Waals surface area contributed by atoms with Crippen LogP contribution in [0.1, 0.15) is 10.6 Å². The van der Waals surface area contributed by atoms with Gasteiger partial charge in [0, 0.05) is 18.5 Å². The lowest BCUT2D eigenvalue weighted by Gasteiger charge is -1.98. The highest BCUT2D eigenvalue weighted by Crippen LogP contribution is 2.13. The second-order valence-corrected chi connectivity index (χ2v) is 3.12. The molecule has 0 bridgehead atoms. The normalized spacial score (nSPS) is 10.4. The van der Waals surface area contributed by atoms with Crippen molar-refractivity contribution in [3.05, 3.63) is 16.1 Å². The van der Waals surface area contributed by atoms with Crippen LogP contribution < -0.4 is 5.32 Å². The first-order valence-corrected chi connectivity index (χ1v) is 4.31. The van der Waals surface area contributed by atoms with Crippen molar-refractivity contribution in [2.45, 2.75) is 13.2 Å². The maximum absolute atomic E-state index is 4.99. The predicted octanol–water partition coefficient (Wildman–Crippen LogP) is 1.01. The van der Waals surface area contributed by atoms with E-state index in [0.29, 0.717) is 6.61 Å². The van der Waals surface area contributed by atoms with Crippen LogP contribution in [0.5, 0.6) is 0 Å². The Labute approximate surface area is 70.4 Å². The Morgan fingerprint density at radius 3 is 3.18 bits per heavy atom. The Hall–Kier alpha value is -0.450. The summed E-state index contributed by atoms with van der Waals surface area (Å²) in [5, 5.41) is 3.08. The van der Waals surface area contributed by atoms with E-state index in [4.69, 9.17) is 4.74 Å². The monoisotopic (exact) mass is 172 g/mol. The largest absolute Gasteiger partial charge is 0.378 e. The Morgan fingerprint density at radius 2 is 2.55 bits per heavy atom. The third kappa shape index (κ3) is 2.25. The average molecular weight is 172 g/mol. The molecule has 0 spiro atoms. The van der Waals surface area contributed by atoms with Gasteiger partial charge in [0.15, 0.2) is 0 Å². The minimum atomic E-state index is 0.612. The van der Waals surface area contributed by atoms with Gasteiger partial charge in [-0.1, -0.05) is 0 Å². The molecule has 1 N–H and O–H groups in total. The zero-order valence-electron chi connectivity index (χ0n) is 6.76. The molecule has 0 saturated heterocycles. The van der Waals surface area contributed by atoms with Gasteiger partial charge in [0.2, 0.25) is 0 Å². The second kappa shape index (κ2) is 4.43. The lowest BCUT2D eigenvalue weighted by atomic mass is 10.4. The van der Waals surface area contributed by atoms with Gasteiger partial charge >= 0.3 is 0 Å². The third-order valence-electron chi connectivity index (χ3n) is 1.34. The minimum Gasteiger partial charge on any atom is -0.378 e. The molecule has 11 heavy (non-hydrogen) atoms. The highest BCUT2D eigenvalue weighted by Gasteiger charge is 2.03. The van der Waals surface area contributed by atoms with Gasteiger partial charge in [-0.2, -0.15) is 0 Å². The van der Waals surface area contributed by atoms with E-state index >= 15 is 0 Å². The number of nitrogens with zero attached hydrogens (tertiary/aromatic N) is 1. The van der Waals surface area contributed by atoms with E-state index in [1.54, 1.807) is 18.4 Å². The molecule has 0 fully saturated rings. The number of methoxy groups -OCH3 is 1. The van der Waals surface area contributed by atoms with Crippen molar-refractivity contribution >= 4 is 11.3 Å². The molecule has 0 atom stereocenters. The summed E-state index contributed by atoms with van der Waals surface area (Å²) in [6.45, 7) is 1.49. The zero-order chi connectivity index (χ0) is 8.10. The molecule has 3 nitrogen and oxygen atoms in total. The molecule has 1 aromatic heterocycles. The van der Waals surface area contributed by atoms with Gasteiger partial charge in [0.25, 0.3) is 0 Å². The molecule has 1 aromatic rings. The number of thiazole rings is 1. The maximum Gasteiger partial charge on any atom is 0.0895 e. The molecule has 0 radical (unpaired) electrons. The summed E-state index contributed by atoms with van der Waals surface area (Å²) in [6, 6.07) is 0. The second-order valence-electron chi connectivity index (χ2n) is 2.19. The van der Waals surface area contributed by atoms with Crippen molar-refractivity contribution in [2.24, 2.45) is 0 Å². The smallest absolute Gasteiger partial charge is 0.0895 e. The number of hydrogen-bond acceptors (Lipinski definition) is 4. The van der Waals surface area contributed by atoms with Crippen LogP contribution in [0, 0.1) is 0 Å². The summed E-state index contributed by atoms with van der Waals surface area (Å²) >= 11 is 1.66. The number of ether oxygens (including phenoxy) is 1. The molecular weight excluding hydrogens is 160 g/mol. The number of aromatic nitrogens is 1. The van der Waals surface area contributed by atoms with Gasteiger partial charge in [0.05, 0.1) is 17.8 Å². The fourth-order valence-electron chi connectivity index (χ4n) is 0.852. The molecule has 0 saturated carbocycles. The molecule has 0 amide bonds. The maximum atomic E-state index is 4.99. The van der Waals surface area contributed by atoms with E-state index in [0.717, 1.165) is 12.2 Å². The van der Waals surface area contributed by atoms with Crippen molar-refractivity contribution < 1.29 is 4.74 Å². The van der Waals surface area contributed by atoms with E-state index in [2.05, 4.69) is 10.3 Å². The first-order valence-electron chi connectivity index (χ1n) is 3.43. The highest BCUT2D eigenvalue weighted by atomic mass is 32.1. The van der Waals surface area contributed by atoms with Gasteiger partial charge < -0.3 is 10.1 Å². The summed E-state index contributed by atoms with van der Waals surface area (Å²) in [5.41, 5.74) is 2.90. The SMILES string of the molecule is CNCc1scnc1COC. The van der Waals surface area contributed by atoms with Crippen molar-refractivity contribution in [2.75, 3.05) is 14.2 Å². The Balaban J connectivity index is 2.62. The summed E-state index contributed by atoms with van der Waals surface area (Å²) in [6.07, 6.45) is 0. The molecule has 4 heteroatoms. The summed E-state index contributed by atoms with van der Waals surface area (Å²) < 4.78 is 4.99. The minimum absolute atomic E-state index is 0.612. The first kappa shape index (κ1) is 8.64. The zero-order valence-corrected chi connectivity index (χ0v) is 7.57. The topological polar surface area (TPSA) is 34.2 Å². The molecule has 62 valence electrons. The summed E-state index contributed by atoms with van der Waals surface area (Å²) in [4.78, 5) is 5.44. The van der Waals surface area contributed by atoms with Gasteiger partial charge in [-0.3, -0.25) is 0 Å². The van der Waals surface area contributed by atoms with E-state index in [1.807, 2.05) is 12.6 Å². The molecule has 0 unspecified atom stereocenters. The van der Waals surface area contributed by atoms with Crippen LogP contribution >= 0.6 is 11.3 Å². The van der Waals surface area contributed by atoms with Crippen LogP contribution in [0.4, 0.5) is 0 Å². The quantitative estimate of drug-likeness (QED) is 0.736. The van der Waals surface area contributed by atoms with Gasteiger partial charge in [-0.15, -0.1) is 11.3 Å². The van der Waals surface area contributed by atoms with Crippen molar-refractivity contribution in [1.29, 1.82) is 0 Å². The fourth-order valence-corrected chi connectivity index (χ4v) is 1.63. The third-order valence-corrected chi connectivity index (χ3v) is 2.22. The van der Waals surface area contributed by atoms with E-state index < -0.39 is 0 Å². The summed E-state index contributed by atoms with van der Waals surface area (Å²) in [7, 11) is 3.61. The van der Waals surface area contributed by atoms with Crippen LogP contribution in [-0.2, 0) is 17.9 Å². The molecule has 0 aromatic carbocycles. The van der Waals surface area contributed by atoms with E-state index in [-0.39, 0.29) is 0 Å². The first-order chi connectivity index (χ1) is 5.38. The van der Waals surface area contributed by atoms with Gasteiger partial charge in [0.1, 0.15) is 0 Å². The standard InChI is InChI=1S/C7H12N2OS/c1-8-3-7-6(4-10-2)9-5-11-7/h5,8H,3-4H2,1-2H3. The average Bonchev–Trinajstić information content (AvgIpc) is 2.39. The number of nitrogens with one attached hydrogen (secondary N) is 1. The summed E-state index contributed by atoms with van der Waals surface area (Å²) in [5.74, 6) is 0. The van der Waals surface area contributed by atoms with Crippen LogP contribution in [0.25, 0.3) is 0 Å². The predicted molar refractivity (Wildman–Crippen MR) is 45.6 cm³/mol. The van der Waals surface area contributed by atoms with Gasteiger partial charge in [-0.25, -0.2) is 4.98 Å². The molecule has 1 rings (SSSR count). The molecule has 0 aliphatic carbocycles. The number of rotatable bonds is 4. The Kier molecular flexibility index (Phi) is 3.48. The van der Waals surface area contributed by atoms with Gasteiger partial charge in [-0.05, 0) is 7.05 Å². The van der Waals surface area contributed by atoms with Crippen molar-refractivity contribution in [3.63, 3.8) is 0 Å². The van der Waals surface area contributed by atoms with Crippen LogP contribution in [0.3, 0.4) is 0 Å². The lowest BCUT2D eigenvalue weighted by Crippen LogP contribution is -2.06.